The minimum absolute atomic E-state index is 0.00538. The maximum atomic E-state index is 13.7. The van der Waals surface area contributed by atoms with Crippen LogP contribution in [0.1, 0.15) is 43.0 Å². The molecule has 9 heteroatoms. The number of fused-ring (bicyclic) bond motifs is 3. The van der Waals surface area contributed by atoms with Crippen molar-refractivity contribution in [2.24, 2.45) is 5.92 Å². The van der Waals surface area contributed by atoms with E-state index in [9.17, 15) is 19.2 Å². The molecule has 0 aromatic heterocycles. The summed E-state index contributed by atoms with van der Waals surface area (Å²) in [5.41, 5.74) is 0.965. The van der Waals surface area contributed by atoms with Crippen molar-refractivity contribution >= 4 is 35.2 Å². The Morgan fingerprint density at radius 2 is 1.75 bits per heavy atom. The van der Waals surface area contributed by atoms with Crippen LogP contribution in [-0.2, 0) is 19.1 Å². The molecule has 4 amide bonds. The maximum absolute atomic E-state index is 13.7. The van der Waals surface area contributed by atoms with Gasteiger partial charge in [0.05, 0.1) is 35.7 Å². The van der Waals surface area contributed by atoms with Crippen molar-refractivity contribution in [1.29, 1.82) is 0 Å². The number of amides is 4. The Kier molecular flexibility index (Phi) is 6.73. The second-order valence-corrected chi connectivity index (χ2v) is 9.27. The predicted octanol–water partition coefficient (Wildman–Crippen LogP) is 3.60. The van der Waals surface area contributed by atoms with Crippen molar-refractivity contribution in [1.82, 2.24) is 4.90 Å². The molecule has 0 spiro atoms. The maximum Gasteiger partial charge on any atom is 0.340 e. The minimum Gasteiger partial charge on any atom is -0.462 e. The smallest absolute Gasteiger partial charge is 0.340 e. The standard InChI is InChI=1S/C27H29N3O6/c1-2-35-26(33)18-12-6-8-14-20(18)28-22(31)16-29-23-19-13-7-9-15-21(19)36-24(23)25(32)30(27(29)34)17-10-4-3-5-11-17/h3-6,8,10-12,14,19,21,23-24H,2,7,9,13,15-16H2,1H3,(H,28,31). The highest BCUT2D eigenvalue weighted by Crippen LogP contribution is 2.43. The lowest BCUT2D eigenvalue weighted by molar-refractivity contribution is -0.133. The molecule has 2 aliphatic heterocycles. The summed E-state index contributed by atoms with van der Waals surface area (Å²) < 4.78 is 11.3. The monoisotopic (exact) mass is 491 g/mol. The predicted molar refractivity (Wildman–Crippen MR) is 131 cm³/mol. The lowest BCUT2D eigenvalue weighted by atomic mass is 9.81. The number of hydrogen-bond acceptors (Lipinski definition) is 6. The van der Waals surface area contributed by atoms with Crippen molar-refractivity contribution in [2.45, 2.75) is 50.9 Å². The lowest BCUT2D eigenvalue weighted by Gasteiger charge is -2.42. The summed E-state index contributed by atoms with van der Waals surface area (Å²) in [6.07, 6.45) is 2.73. The van der Waals surface area contributed by atoms with Crippen LogP contribution in [0.25, 0.3) is 0 Å². The number of hydrogen-bond donors (Lipinski definition) is 1. The highest BCUT2D eigenvalue weighted by Gasteiger charge is 2.58. The van der Waals surface area contributed by atoms with E-state index < -0.39 is 36.0 Å². The fraction of sp³-hybridized carbons (Fsp3) is 0.407. The Labute approximate surface area is 209 Å². The Hall–Kier alpha value is -3.72. The molecule has 2 saturated heterocycles. The van der Waals surface area contributed by atoms with E-state index in [-0.39, 0.29) is 30.7 Å². The molecule has 2 aromatic rings. The summed E-state index contributed by atoms with van der Waals surface area (Å²) in [4.78, 5) is 55.3. The number of benzene rings is 2. The molecule has 36 heavy (non-hydrogen) atoms. The SMILES string of the molecule is CCOC(=O)c1ccccc1NC(=O)CN1C(=O)N(c2ccccc2)C(=O)C2OC3CCCCC3C21. The zero-order chi connectivity index (χ0) is 25.2. The Morgan fingerprint density at radius 1 is 1.03 bits per heavy atom. The van der Waals surface area contributed by atoms with Gasteiger partial charge in [-0.05, 0) is 44.0 Å². The molecule has 4 atom stereocenters. The van der Waals surface area contributed by atoms with Crippen molar-refractivity contribution in [3.8, 4) is 0 Å². The average molecular weight is 492 g/mol. The molecule has 3 fully saturated rings. The van der Waals surface area contributed by atoms with Crippen LogP contribution in [0.2, 0.25) is 0 Å². The number of anilines is 2. The normalized spacial score (nSPS) is 25.2. The highest BCUT2D eigenvalue weighted by molar-refractivity contribution is 6.18. The molecule has 1 aliphatic carbocycles. The van der Waals surface area contributed by atoms with Crippen LogP contribution in [-0.4, -0.2) is 60.1 Å². The molecule has 0 radical (unpaired) electrons. The van der Waals surface area contributed by atoms with Gasteiger partial charge in [-0.1, -0.05) is 43.2 Å². The zero-order valence-electron chi connectivity index (χ0n) is 20.1. The van der Waals surface area contributed by atoms with Crippen LogP contribution >= 0.6 is 0 Å². The number of rotatable bonds is 6. The van der Waals surface area contributed by atoms with Crippen LogP contribution in [0, 0.1) is 5.92 Å². The number of esters is 1. The van der Waals surface area contributed by atoms with Crippen molar-refractivity contribution in [3.63, 3.8) is 0 Å². The summed E-state index contributed by atoms with van der Waals surface area (Å²) in [5, 5.41) is 2.76. The van der Waals surface area contributed by atoms with Gasteiger partial charge in [-0.25, -0.2) is 14.5 Å². The van der Waals surface area contributed by atoms with Crippen LogP contribution in [0.3, 0.4) is 0 Å². The topological polar surface area (TPSA) is 105 Å². The number of nitrogens with one attached hydrogen (secondary N) is 1. The molecule has 4 unspecified atom stereocenters. The average Bonchev–Trinajstić information content (AvgIpc) is 3.28. The van der Waals surface area contributed by atoms with Gasteiger partial charge < -0.3 is 19.7 Å². The molecule has 9 nitrogen and oxygen atoms in total. The summed E-state index contributed by atoms with van der Waals surface area (Å²) in [5.74, 6) is -1.41. The summed E-state index contributed by atoms with van der Waals surface area (Å²) >= 11 is 0. The molecular weight excluding hydrogens is 462 g/mol. The Balaban J connectivity index is 1.43. The van der Waals surface area contributed by atoms with Crippen LogP contribution in [0.5, 0.6) is 0 Å². The van der Waals surface area contributed by atoms with Gasteiger partial charge in [0, 0.05) is 5.92 Å². The van der Waals surface area contributed by atoms with Crippen LogP contribution < -0.4 is 10.2 Å². The molecule has 2 heterocycles. The lowest BCUT2D eigenvalue weighted by Crippen LogP contribution is -2.65. The van der Waals surface area contributed by atoms with Gasteiger partial charge >= 0.3 is 12.0 Å². The first kappa shape index (κ1) is 24.0. The minimum atomic E-state index is -0.823. The molecule has 1 saturated carbocycles. The molecule has 2 aromatic carbocycles. The van der Waals surface area contributed by atoms with E-state index in [1.54, 1.807) is 61.5 Å². The van der Waals surface area contributed by atoms with E-state index in [2.05, 4.69) is 5.32 Å². The third kappa shape index (κ3) is 4.35. The first-order chi connectivity index (χ1) is 17.5. The summed E-state index contributed by atoms with van der Waals surface area (Å²) in [6, 6.07) is 14.2. The number of ether oxygens (including phenoxy) is 2. The summed E-state index contributed by atoms with van der Waals surface area (Å²) in [6.45, 7) is 1.64. The third-order valence-corrected chi connectivity index (χ3v) is 7.11. The Bertz CT molecular complexity index is 1170. The van der Waals surface area contributed by atoms with E-state index in [4.69, 9.17) is 9.47 Å². The third-order valence-electron chi connectivity index (χ3n) is 7.11. The largest absolute Gasteiger partial charge is 0.462 e. The van der Waals surface area contributed by atoms with Crippen LogP contribution in [0.15, 0.2) is 54.6 Å². The first-order valence-electron chi connectivity index (χ1n) is 12.4. The van der Waals surface area contributed by atoms with Gasteiger partial charge in [-0.3, -0.25) is 9.59 Å². The Morgan fingerprint density at radius 3 is 2.53 bits per heavy atom. The quantitative estimate of drug-likeness (QED) is 0.619. The fourth-order valence-electron chi connectivity index (χ4n) is 5.57. The van der Waals surface area contributed by atoms with Gasteiger partial charge in [0.15, 0.2) is 6.10 Å². The van der Waals surface area contributed by atoms with Crippen molar-refractivity contribution < 1.29 is 28.7 Å². The second-order valence-electron chi connectivity index (χ2n) is 9.27. The van der Waals surface area contributed by atoms with Gasteiger partial charge in [-0.15, -0.1) is 0 Å². The number of urea groups is 1. The highest BCUT2D eigenvalue weighted by atomic mass is 16.5. The van der Waals surface area contributed by atoms with Gasteiger partial charge in [0.2, 0.25) is 5.91 Å². The van der Waals surface area contributed by atoms with Crippen molar-refractivity contribution in [3.05, 3.63) is 60.2 Å². The molecule has 188 valence electrons. The molecule has 5 rings (SSSR count). The first-order valence-corrected chi connectivity index (χ1v) is 12.4. The summed E-state index contributed by atoms with van der Waals surface area (Å²) in [7, 11) is 0. The molecule has 3 aliphatic rings. The van der Waals surface area contributed by atoms with E-state index in [0.29, 0.717) is 11.4 Å². The van der Waals surface area contributed by atoms with Crippen molar-refractivity contribution in [2.75, 3.05) is 23.4 Å². The molecule has 0 bridgehead atoms. The second kappa shape index (κ2) is 10.1. The van der Waals surface area contributed by atoms with E-state index in [0.717, 1.165) is 30.6 Å². The van der Waals surface area contributed by atoms with E-state index >= 15 is 0 Å². The molecular formula is C27H29N3O6. The van der Waals surface area contributed by atoms with Gasteiger partial charge in [0.1, 0.15) is 6.54 Å². The zero-order valence-corrected chi connectivity index (χ0v) is 20.1. The number of para-hydroxylation sites is 2. The van der Waals surface area contributed by atoms with Gasteiger partial charge in [-0.2, -0.15) is 0 Å². The molecule has 1 N–H and O–H groups in total. The number of carbonyl (C=O) groups is 4. The fourth-order valence-corrected chi connectivity index (χ4v) is 5.57. The van der Waals surface area contributed by atoms with E-state index in [1.165, 1.54) is 4.90 Å². The number of carbonyl (C=O) groups excluding carboxylic acids is 4. The van der Waals surface area contributed by atoms with Crippen LogP contribution in [0.4, 0.5) is 16.2 Å². The number of nitrogens with zero attached hydrogens (tertiary/aromatic N) is 2. The van der Waals surface area contributed by atoms with E-state index in [1.807, 2.05) is 0 Å². The number of imide groups is 1. The van der Waals surface area contributed by atoms with Gasteiger partial charge in [0.25, 0.3) is 5.91 Å².